The third-order valence-corrected chi connectivity index (χ3v) is 3.71. The number of ether oxygens (including phenoxy) is 2. The second kappa shape index (κ2) is 5.12. The van der Waals surface area contributed by atoms with Crippen LogP contribution in [0.1, 0.15) is 36.5 Å². The van der Waals surface area contributed by atoms with E-state index in [4.69, 9.17) is 9.47 Å². The van der Waals surface area contributed by atoms with Gasteiger partial charge in [0.15, 0.2) is 11.5 Å². The molecule has 0 fully saturated rings. The molecule has 0 radical (unpaired) electrons. The van der Waals surface area contributed by atoms with Crippen LogP contribution in [0.15, 0.2) is 18.2 Å². The van der Waals surface area contributed by atoms with Crippen molar-refractivity contribution < 1.29 is 9.47 Å². The molecule has 0 aliphatic rings. The molecule has 2 rings (SSSR count). The summed E-state index contributed by atoms with van der Waals surface area (Å²) in [4.78, 5) is 0. The number of hydrogen-bond acceptors (Lipinski definition) is 2. The van der Waals surface area contributed by atoms with Crippen molar-refractivity contribution in [2.75, 3.05) is 14.2 Å². The average Bonchev–Trinajstić information content (AvgIpc) is 2.37. The van der Waals surface area contributed by atoms with Crippen molar-refractivity contribution in [3.63, 3.8) is 0 Å². The van der Waals surface area contributed by atoms with Gasteiger partial charge in [0, 0.05) is 5.56 Å². The minimum absolute atomic E-state index is 0.384. The molecular formula is C17H22O2. The maximum Gasteiger partial charge on any atom is 0.164 e. The highest BCUT2D eigenvalue weighted by Gasteiger charge is 2.18. The lowest BCUT2D eigenvalue weighted by atomic mass is 9.92. The Bertz CT molecular complexity index is 612. The van der Waals surface area contributed by atoms with Gasteiger partial charge in [-0.05, 0) is 47.7 Å². The van der Waals surface area contributed by atoms with Gasteiger partial charge in [0.25, 0.3) is 0 Å². The minimum Gasteiger partial charge on any atom is -0.493 e. The number of fused-ring (bicyclic) bond motifs is 1. The molecule has 2 aromatic rings. The van der Waals surface area contributed by atoms with Crippen LogP contribution in [0.4, 0.5) is 0 Å². The van der Waals surface area contributed by atoms with Crippen molar-refractivity contribution in [1.29, 1.82) is 0 Å². The van der Waals surface area contributed by atoms with Crippen LogP contribution in [0.25, 0.3) is 10.8 Å². The SMILES string of the molecule is COc1cc2cc(C)c(C)cc2c(C(C)C)c1OC. The molecule has 0 aromatic heterocycles. The maximum absolute atomic E-state index is 5.58. The van der Waals surface area contributed by atoms with Crippen LogP contribution >= 0.6 is 0 Å². The summed E-state index contributed by atoms with van der Waals surface area (Å²) in [6.45, 7) is 8.66. The Hall–Kier alpha value is -1.70. The number of rotatable bonds is 3. The van der Waals surface area contributed by atoms with Gasteiger partial charge in [0.05, 0.1) is 14.2 Å². The normalized spacial score (nSPS) is 11.1. The number of aryl methyl sites for hydroxylation is 2. The van der Waals surface area contributed by atoms with E-state index in [1.807, 2.05) is 0 Å². The van der Waals surface area contributed by atoms with E-state index in [0.29, 0.717) is 5.92 Å². The lowest BCUT2D eigenvalue weighted by Crippen LogP contribution is -2.00. The summed E-state index contributed by atoms with van der Waals surface area (Å²) < 4.78 is 11.1. The van der Waals surface area contributed by atoms with E-state index in [1.165, 1.54) is 27.5 Å². The van der Waals surface area contributed by atoms with Crippen molar-refractivity contribution >= 4 is 10.8 Å². The highest BCUT2D eigenvalue weighted by atomic mass is 16.5. The van der Waals surface area contributed by atoms with Gasteiger partial charge in [0.1, 0.15) is 0 Å². The molecule has 2 aromatic carbocycles. The van der Waals surface area contributed by atoms with Gasteiger partial charge in [-0.3, -0.25) is 0 Å². The van der Waals surface area contributed by atoms with E-state index < -0.39 is 0 Å². The molecule has 102 valence electrons. The van der Waals surface area contributed by atoms with Crippen molar-refractivity contribution in [2.45, 2.75) is 33.6 Å². The van der Waals surface area contributed by atoms with Gasteiger partial charge >= 0.3 is 0 Å². The third kappa shape index (κ3) is 2.27. The van der Waals surface area contributed by atoms with Gasteiger partial charge in [-0.15, -0.1) is 0 Å². The van der Waals surface area contributed by atoms with Gasteiger partial charge in [-0.1, -0.05) is 26.0 Å². The molecule has 0 amide bonds. The second-order valence-electron chi connectivity index (χ2n) is 5.34. The Kier molecular flexibility index (Phi) is 3.70. The molecule has 0 aliphatic carbocycles. The smallest absolute Gasteiger partial charge is 0.164 e. The Balaban J connectivity index is 2.92. The molecule has 0 unspecified atom stereocenters. The van der Waals surface area contributed by atoms with E-state index >= 15 is 0 Å². The highest BCUT2D eigenvalue weighted by molar-refractivity contribution is 5.91. The van der Waals surface area contributed by atoms with Crippen molar-refractivity contribution in [1.82, 2.24) is 0 Å². The molecule has 0 bridgehead atoms. The standard InChI is InChI=1S/C17H22O2/c1-10(2)16-14-8-12(4)11(3)7-13(14)9-15(18-5)17(16)19-6/h7-10H,1-6H3. The molecule has 0 aliphatic heterocycles. The van der Waals surface area contributed by atoms with Crippen LogP contribution in [0, 0.1) is 13.8 Å². The minimum atomic E-state index is 0.384. The zero-order chi connectivity index (χ0) is 14.2. The number of benzene rings is 2. The monoisotopic (exact) mass is 258 g/mol. The van der Waals surface area contributed by atoms with Crippen LogP contribution in [-0.4, -0.2) is 14.2 Å². The molecular weight excluding hydrogens is 236 g/mol. The summed E-state index contributed by atoms with van der Waals surface area (Å²) in [6, 6.07) is 6.53. The van der Waals surface area contributed by atoms with Gasteiger partial charge in [-0.25, -0.2) is 0 Å². The molecule has 2 heteroatoms. The van der Waals surface area contributed by atoms with Gasteiger partial charge in [-0.2, -0.15) is 0 Å². The van der Waals surface area contributed by atoms with Crippen LogP contribution in [-0.2, 0) is 0 Å². The lowest BCUT2D eigenvalue weighted by Gasteiger charge is -2.19. The molecule has 0 atom stereocenters. The third-order valence-electron chi connectivity index (χ3n) is 3.71. The fourth-order valence-electron chi connectivity index (χ4n) is 2.59. The summed E-state index contributed by atoms with van der Waals surface area (Å²) in [6.07, 6.45) is 0. The first-order valence-corrected chi connectivity index (χ1v) is 6.65. The molecule has 0 spiro atoms. The molecule has 0 saturated carbocycles. The molecule has 0 saturated heterocycles. The Morgan fingerprint density at radius 2 is 1.53 bits per heavy atom. The quantitative estimate of drug-likeness (QED) is 0.801. The fraction of sp³-hybridized carbons (Fsp3) is 0.412. The molecule has 0 heterocycles. The molecule has 2 nitrogen and oxygen atoms in total. The number of hydrogen-bond donors (Lipinski definition) is 0. The topological polar surface area (TPSA) is 18.5 Å². The fourth-order valence-corrected chi connectivity index (χ4v) is 2.59. The molecule has 0 N–H and O–H groups in total. The number of methoxy groups -OCH3 is 2. The van der Waals surface area contributed by atoms with Crippen molar-refractivity contribution in [3.8, 4) is 11.5 Å². The Morgan fingerprint density at radius 1 is 0.895 bits per heavy atom. The van der Waals surface area contributed by atoms with E-state index in [0.717, 1.165) is 11.5 Å². The predicted octanol–water partition coefficient (Wildman–Crippen LogP) is 4.60. The summed E-state index contributed by atoms with van der Waals surface area (Å²) in [5, 5.41) is 2.47. The summed E-state index contributed by atoms with van der Waals surface area (Å²) in [5.41, 5.74) is 3.83. The van der Waals surface area contributed by atoms with Crippen LogP contribution in [0.2, 0.25) is 0 Å². The zero-order valence-corrected chi connectivity index (χ0v) is 12.6. The summed E-state index contributed by atoms with van der Waals surface area (Å²) >= 11 is 0. The maximum atomic E-state index is 5.58. The Labute approximate surface area is 115 Å². The first-order valence-electron chi connectivity index (χ1n) is 6.65. The largest absolute Gasteiger partial charge is 0.493 e. The van der Waals surface area contributed by atoms with E-state index in [-0.39, 0.29) is 0 Å². The lowest BCUT2D eigenvalue weighted by molar-refractivity contribution is 0.351. The highest BCUT2D eigenvalue weighted by Crippen LogP contribution is 2.42. The van der Waals surface area contributed by atoms with Gasteiger partial charge < -0.3 is 9.47 Å². The predicted molar refractivity (Wildman–Crippen MR) is 80.6 cm³/mol. The van der Waals surface area contributed by atoms with E-state index in [1.54, 1.807) is 14.2 Å². The van der Waals surface area contributed by atoms with Crippen LogP contribution in [0.5, 0.6) is 11.5 Å². The van der Waals surface area contributed by atoms with Crippen LogP contribution in [0.3, 0.4) is 0 Å². The first kappa shape index (κ1) is 13.7. The zero-order valence-electron chi connectivity index (χ0n) is 12.6. The van der Waals surface area contributed by atoms with Crippen molar-refractivity contribution in [2.24, 2.45) is 0 Å². The average molecular weight is 258 g/mol. The molecule has 19 heavy (non-hydrogen) atoms. The van der Waals surface area contributed by atoms with Crippen molar-refractivity contribution in [3.05, 3.63) is 34.9 Å². The van der Waals surface area contributed by atoms with Gasteiger partial charge in [0.2, 0.25) is 0 Å². The Morgan fingerprint density at radius 3 is 2.05 bits per heavy atom. The summed E-state index contributed by atoms with van der Waals surface area (Å²) in [5.74, 6) is 2.05. The van der Waals surface area contributed by atoms with E-state index in [9.17, 15) is 0 Å². The van der Waals surface area contributed by atoms with Crippen LogP contribution < -0.4 is 9.47 Å². The second-order valence-corrected chi connectivity index (χ2v) is 5.34. The first-order chi connectivity index (χ1) is 8.99. The summed E-state index contributed by atoms with van der Waals surface area (Å²) in [7, 11) is 3.39. The van der Waals surface area contributed by atoms with E-state index in [2.05, 4.69) is 45.9 Å².